The van der Waals surface area contributed by atoms with E-state index in [2.05, 4.69) is 26.5 Å². The van der Waals surface area contributed by atoms with Gasteiger partial charge in [0.1, 0.15) is 4.75 Å². The zero-order valence-electron chi connectivity index (χ0n) is 15.3. The van der Waals surface area contributed by atoms with Crippen molar-refractivity contribution in [1.82, 2.24) is 14.7 Å². The van der Waals surface area contributed by atoms with E-state index in [0.29, 0.717) is 11.8 Å². The van der Waals surface area contributed by atoms with Crippen molar-refractivity contribution in [2.75, 3.05) is 24.6 Å². The van der Waals surface area contributed by atoms with Crippen molar-refractivity contribution >= 4 is 28.8 Å². The van der Waals surface area contributed by atoms with Gasteiger partial charge in [0.05, 0.1) is 18.8 Å². The second kappa shape index (κ2) is 7.19. The third-order valence-corrected chi connectivity index (χ3v) is 7.09. The van der Waals surface area contributed by atoms with E-state index in [-0.39, 0.29) is 22.3 Å². The van der Waals surface area contributed by atoms with Crippen LogP contribution in [0.4, 0.5) is 5.82 Å². The highest BCUT2D eigenvalue weighted by Crippen LogP contribution is 2.43. The maximum absolute atomic E-state index is 12.6. The molecule has 6 nitrogen and oxygen atoms in total. The maximum Gasteiger partial charge on any atom is 0.171 e. The number of ether oxygens (including phenoxy) is 1. The summed E-state index contributed by atoms with van der Waals surface area (Å²) in [5.74, 6) is 0.744. The van der Waals surface area contributed by atoms with E-state index in [1.807, 2.05) is 20.8 Å². The summed E-state index contributed by atoms with van der Waals surface area (Å²) in [4.78, 5) is 10.7. The molecule has 140 valence electrons. The Morgan fingerprint density at radius 1 is 1.32 bits per heavy atom. The highest BCUT2D eigenvalue weighted by molar-refractivity contribution is 7.90. The van der Waals surface area contributed by atoms with E-state index in [9.17, 15) is 4.55 Å². The summed E-state index contributed by atoms with van der Waals surface area (Å²) >= 11 is 5.08. The number of rotatable bonds is 3. The molecular weight excluding hydrogens is 360 g/mol. The normalized spacial score (nSPS) is 27.7. The number of hydrogen-bond acceptors (Lipinski definition) is 6. The first-order valence-corrected chi connectivity index (χ1v) is 10.3. The molecule has 2 aliphatic heterocycles. The average Bonchev–Trinajstić information content (AvgIpc) is 2.85. The van der Waals surface area contributed by atoms with E-state index in [4.69, 9.17) is 16.3 Å². The summed E-state index contributed by atoms with van der Waals surface area (Å²) in [6.07, 6.45) is 5.22. The van der Waals surface area contributed by atoms with Crippen LogP contribution in [-0.4, -0.2) is 51.1 Å². The van der Waals surface area contributed by atoms with Crippen molar-refractivity contribution < 1.29 is 9.29 Å². The van der Waals surface area contributed by atoms with Crippen molar-refractivity contribution in [2.45, 2.75) is 57.4 Å². The zero-order valence-corrected chi connectivity index (χ0v) is 16.9. The molecule has 25 heavy (non-hydrogen) atoms. The van der Waals surface area contributed by atoms with Gasteiger partial charge in [-0.2, -0.15) is 0 Å². The number of nitrogens with one attached hydrogen (secondary N) is 1. The van der Waals surface area contributed by atoms with Crippen molar-refractivity contribution in [3.63, 3.8) is 0 Å². The van der Waals surface area contributed by atoms with E-state index >= 15 is 0 Å². The minimum absolute atomic E-state index is 0.00547. The molecule has 3 atom stereocenters. The maximum atomic E-state index is 12.6. The molecule has 2 fully saturated rings. The second-order valence-electron chi connectivity index (χ2n) is 8.01. The molecule has 2 aliphatic rings. The van der Waals surface area contributed by atoms with Gasteiger partial charge in [-0.25, -0.2) is 9.97 Å². The molecule has 3 heterocycles. The van der Waals surface area contributed by atoms with Crippen LogP contribution in [0.2, 0.25) is 5.15 Å². The third kappa shape index (κ3) is 3.90. The fourth-order valence-electron chi connectivity index (χ4n) is 3.64. The predicted molar refractivity (Wildman–Crippen MR) is 101 cm³/mol. The van der Waals surface area contributed by atoms with Gasteiger partial charge in [0.2, 0.25) is 0 Å². The standard InChI is InChI=1S/C17H27ClN4O2S/c1-12-13(21-25(23)16(2,3)4)17(11-24-12)5-9-22(10-6-17)15-14(18)19-7-8-20-15/h7-8,12-13,21H,5-6,9-11H2,1-4H3/t12-,13+,25-/m0/s1. The van der Waals surface area contributed by atoms with Crippen LogP contribution in [0.5, 0.6) is 0 Å². The molecule has 0 radical (unpaired) electrons. The van der Waals surface area contributed by atoms with E-state index in [1.54, 1.807) is 12.4 Å². The summed E-state index contributed by atoms with van der Waals surface area (Å²) in [7, 11) is 0. The lowest BCUT2D eigenvalue weighted by Gasteiger charge is -2.43. The van der Waals surface area contributed by atoms with Gasteiger partial charge in [-0.3, -0.25) is 0 Å². The van der Waals surface area contributed by atoms with Crippen LogP contribution in [0.25, 0.3) is 0 Å². The Hall–Kier alpha value is -0.600. The lowest BCUT2D eigenvalue weighted by Crippen LogP contribution is -2.56. The smallest absolute Gasteiger partial charge is 0.171 e. The topological polar surface area (TPSA) is 73.3 Å². The Morgan fingerprint density at radius 2 is 1.96 bits per heavy atom. The Morgan fingerprint density at radius 3 is 2.56 bits per heavy atom. The number of nitrogens with zero attached hydrogens (tertiary/aromatic N) is 3. The van der Waals surface area contributed by atoms with Crippen LogP contribution in [-0.2, 0) is 16.1 Å². The van der Waals surface area contributed by atoms with Gasteiger partial charge in [-0.05, 0) is 40.5 Å². The first-order valence-electron chi connectivity index (χ1n) is 8.74. The molecule has 0 aliphatic carbocycles. The fraction of sp³-hybridized carbons (Fsp3) is 0.765. The van der Waals surface area contributed by atoms with Gasteiger partial charge in [0.15, 0.2) is 11.0 Å². The molecule has 1 aromatic heterocycles. The summed E-state index contributed by atoms with van der Waals surface area (Å²) < 4.78 is 21.7. The molecule has 0 amide bonds. The minimum atomic E-state index is -1.11. The van der Waals surface area contributed by atoms with Gasteiger partial charge in [0, 0.05) is 42.3 Å². The number of hydrogen-bond donors (Lipinski definition) is 1. The van der Waals surface area contributed by atoms with Gasteiger partial charge in [-0.15, -0.1) is 4.72 Å². The zero-order chi connectivity index (χ0) is 18.2. The van der Waals surface area contributed by atoms with E-state index in [0.717, 1.165) is 31.7 Å². The second-order valence-corrected chi connectivity index (χ2v) is 10.4. The molecule has 1 spiro atoms. The van der Waals surface area contributed by atoms with Gasteiger partial charge >= 0.3 is 0 Å². The number of piperidine rings is 1. The summed E-state index contributed by atoms with van der Waals surface area (Å²) in [5, 5.41) is 0.443. The van der Waals surface area contributed by atoms with Crippen molar-refractivity contribution in [2.24, 2.45) is 5.41 Å². The van der Waals surface area contributed by atoms with Crippen LogP contribution < -0.4 is 9.62 Å². The van der Waals surface area contributed by atoms with Gasteiger partial charge < -0.3 is 14.2 Å². The average molecular weight is 387 g/mol. The van der Waals surface area contributed by atoms with Crippen LogP contribution in [0, 0.1) is 5.41 Å². The van der Waals surface area contributed by atoms with E-state index < -0.39 is 11.4 Å². The Bertz CT molecular complexity index is 605. The number of aromatic nitrogens is 2. The Balaban J connectivity index is 1.71. The molecular formula is C17H27ClN4O2S. The SMILES string of the molecule is C[C@@H]1OCC2(CCN(c3nccnc3Cl)CC2)[C@@H]1N[S@@+]([O-])C(C)(C)C. The van der Waals surface area contributed by atoms with Crippen LogP contribution >= 0.6 is 11.6 Å². The molecule has 0 unspecified atom stereocenters. The molecule has 2 saturated heterocycles. The lowest BCUT2D eigenvalue weighted by molar-refractivity contribution is 0.0973. The van der Waals surface area contributed by atoms with Crippen molar-refractivity contribution in [1.29, 1.82) is 0 Å². The molecule has 1 N–H and O–H groups in total. The first-order chi connectivity index (χ1) is 11.7. The number of anilines is 1. The van der Waals surface area contributed by atoms with E-state index in [1.165, 1.54) is 0 Å². The number of halogens is 1. The monoisotopic (exact) mass is 386 g/mol. The highest BCUT2D eigenvalue weighted by Gasteiger charge is 2.52. The molecule has 3 rings (SSSR count). The third-order valence-electron chi connectivity index (χ3n) is 5.25. The van der Waals surface area contributed by atoms with Gasteiger partial charge in [0.25, 0.3) is 0 Å². The van der Waals surface area contributed by atoms with Crippen molar-refractivity contribution in [3.8, 4) is 0 Å². The lowest BCUT2D eigenvalue weighted by atomic mass is 9.73. The minimum Gasteiger partial charge on any atom is -0.598 e. The Kier molecular flexibility index (Phi) is 5.52. The highest BCUT2D eigenvalue weighted by atomic mass is 35.5. The van der Waals surface area contributed by atoms with Crippen LogP contribution in [0.3, 0.4) is 0 Å². The summed E-state index contributed by atoms with van der Waals surface area (Å²) in [6, 6.07) is 0.0898. The molecule has 0 saturated carbocycles. The summed E-state index contributed by atoms with van der Waals surface area (Å²) in [5.41, 5.74) is 0.00547. The molecule has 1 aromatic rings. The van der Waals surface area contributed by atoms with Crippen LogP contribution in [0.15, 0.2) is 12.4 Å². The fourth-order valence-corrected chi connectivity index (χ4v) is 4.89. The van der Waals surface area contributed by atoms with Crippen molar-refractivity contribution in [3.05, 3.63) is 17.5 Å². The molecule has 8 heteroatoms. The quantitative estimate of drug-likeness (QED) is 0.805. The Labute approximate surface area is 158 Å². The molecule has 0 bridgehead atoms. The van der Waals surface area contributed by atoms with Crippen LogP contribution in [0.1, 0.15) is 40.5 Å². The summed E-state index contributed by atoms with van der Waals surface area (Å²) in [6.45, 7) is 10.4. The van der Waals surface area contributed by atoms with Gasteiger partial charge in [-0.1, -0.05) is 11.6 Å². The first kappa shape index (κ1) is 19.2. The predicted octanol–water partition coefficient (Wildman–Crippen LogP) is 2.56. The largest absolute Gasteiger partial charge is 0.598 e. The molecule has 0 aromatic carbocycles.